The summed E-state index contributed by atoms with van der Waals surface area (Å²) in [5.41, 5.74) is -0.432. The molecule has 0 bridgehead atoms. The Balaban J connectivity index is 1.92. The second-order valence-electron chi connectivity index (χ2n) is 9.57. The highest BCUT2D eigenvalue weighted by molar-refractivity contribution is 6.31. The van der Waals surface area contributed by atoms with Crippen molar-refractivity contribution in [2.75, 3.05) is 6.61 Å². The topological polar surface area (TPSA) is 114 Å². The van der Waals surface area contributed by atoms with E-state index in [-0.39, 0.29) is 24.6 Å². The fraction of sp³-hybridized carbons (Fsp3) is 0.346. The van der Waals surface area contributed by atoms with Crippen molar-refractivity contribution >= 4 is 23.5 Å². The number of carboxylic acid groups (broad SMARTS) is 1. The zero-order valence-corrected chi connectivity index (χ0v) is 20.9. The Morgan fingerprint density at radius 2 is 1.71 bits per heavy atom. The predicted molar refractivity (Wildman–Crippen MR) is 133 cm³/mol. The summed E-state index contributed by atoms with van der Waals surface area (Å²) in [6.07, 6.45) is -0.354. The highest BCUT2D eigenvalue weighted by Crippen LogP contribution is 2.31. The average Bonchev–Trinajstić information content (AvgIpc) is 3.22. The number of nitrogens with one attached hydrogen (secondary N) is 1. The number of aliphatic hydroxyl groups is 1. The van der Waals surface area contributed by atoms with E-state index in [1.54, 1.807) is 43.3 Å². The lowest BCUT2D eigenvalue weighted by Crippen LogP contribution is -2.45. The molecular weight excluding hydrogens is 470 g/mol. The molecule has 0 saturated carbocycles. The number of carbonyl (C=O) groups is 2. The van der Waals surface area contributed by atoms with E-state index in [0.29, 0.717) is 16.3 Å². The first kappa shape index (κ1) is 26.2. The number of hydrogen-bond acceptors (Lipinski definition) is 5. The van der Waals surface area contributed by atoms with Crippen LogP contribution in [0.2, 0.25) is 5.02 Å². The molecule has 2 unspecified atom stereocenters. The lowest BCUT2D eigenvalue weighted by molar-refractivity contribution is -0.137. The Morgan fingerprint density at radius 3 is 2.31 bits per heavy atom. The number of aromatic nitrogens is 2. The minimum atomic E-state index is -1.15. The van der Waals surface area contributed by atoms with Gasteiger partial charge in [-0.05, 0) is 36.1 Å². The number of aliphatic carboxylic acids is 1. The normalized spacial score (nSPS) is 14.1. The van der Waals surface area contributed by atoms with Gasteiger partial charge in [-0.15, -0.1) is 0 Å². The third kappa shape index (κ3) is 6.41. The first-order valence-corrected chi connectivity index (χ1v) is 11.5. The predicted octanol–water partition coefficient (Wildman–Crippen LogP) is 4.65. The molecule has 2 atom stereocenters. The highest BCUT2D eigenvalue weighted by Gasteiger charge is 2.36. The Labute approximate surface area is 209 Å². The molecule has 3 aromatic rings. The Kier molecular flexibility index (Phi) is 7.87. The van der Waals surface area contributed by atoms with Crippen LogP contribution in [0.15, 0.2) is 60.7 Å². The summed E-state index contributed by atoms with van der Waals surface area (Å²) >= 11 is 6.25. The maximum atomic E-state index is 13.2. The van der Waals surface area contributed by atoms with Crippen LogP contribution >= 0.6 is 11.6 Å². The Bertz CT molecular complexity index is 1190. The lowest BCUT2D eigenvalue weighted by atomic mass is 9.78. The van der Waals surface area contributed by atoms with Gasteiger partial charge in [0.15, 0.2) is 5.69 Å². The summed E-state index contributed by atoms with van der Waals surface area (Å²) in [6.45, 7) is 7.37. The molecule has 9 heteroatoms. The molecule has 0 spiro atoms. The van der Waals surface area contributed by atoms with Crippen LogP contribution in [-0.4, -0.2) is 44.1 Å². The van der Waals surface area contributed by atoms with Gasteiger partial charge in [0.2, 0.25) is 5.88 Å². The van der Waals surface area contributed by atoms with Crippen molar-refractivity contribution in [3.8, 4) is 11.6 Å². The molecule has 3 rings (SSSR count). The van der Waals surface area contributed by atoms with Gasteiger partial charge in [-0.2, -0.15) is 5.10 Å². The van der Waals surface area contributed by atoms with Crippen molar-refractivity contribution in [1.29, 1.82) is 0 Å². The number of halogens is 1. The number of carbonyl (C=O) groups excluding carboxylic acids is 1. The molecule has 0 aliphatic rings. The summed E-state index contributed by atoms with van der Waals surface area (Å²) < 4.78 is 7.41. The van der Waals surface area contributed by atoms with Gasteiger partial charge in [-0.25, -0.2) is 4.68 Å². The van der Waals surface area contributed by atoms with Crippen LogP contribution in [0.5, 0.6) is 5.88 Å². The minimum Gasteiger partial charge on any atom is -0.481 e. The first-order chi connectivity index (χ1) is 16.4. The number of nitrogens with zero attached hydrogens (tertiary/aromatic N) is 2. The van der Waals surface area contributed by atoms with Crippen LogP contribution in [0.4, 0.5) is 0 Å². The molecule has 35 heavy (non-hydrogen) atoms. The number of para-hydroxylation sites is 1. The zero-order valence-electron chi connectivity index (χ0n) is 20.2. The van der Waals surface area contributed by atoms with Crippen molar-refractivity contribution in [2.45, 2.75) is 45.8 Å². The van der Waals surface area contributed by atoms with Gasteiger partial charge in [-0.1, -0.05) is 68.8 Å². The Hall–Kier alpha value is -3.36. The SMILES string of the molecule is CC(C)(C)C(C)(O)COc1cc(C(=O)NC(CC(=O)O)c2ccccc2Cl)nn1-c1ccccc1. The lowest BCUT2D eigenvalue weighted by Gasteiger charge is -2.36. The standard InChI is InChI=1S/C26H30ClN3O5/c1-25(2,3)26(4,34)16-35-22-14-21(29-30(22)17-10-6-5-7-11-17)24(33)28-20(15-23(31)32)18-12-8-9-13-19(18)27/h5-14,20,34H,15-16H2,1-4H3,(H,28,33)(H,31,32). The van der Waals surface area contributed by atoms with E-state index in [1.165, 1.54) is 10.7 Å². The quantitative estimate of drug-likeness (QED) is 0.395. The van der Waals surface area contributed by atoms with Gasteiger partial charge in [0, 0.05) is 11.1 Å². The molecule has 8 nitrogen and oxygen atoms in total. The van der Waals surface area contributed by atoms with Crippen LogP contribution in [0.1, 0.15) is 56.2 Å². The van der Waals surface area contributed by atoms with Gasteiger partial charge in [0.05, 0.1) is 18.2 Å². The van der Waals surface area contributed by atoms with Gasteiger partial charge in [0.1, 0.15) is 12.2 Å². The highest BCUT2D eigenvalue weighted by atomic mass is 35.5. The summed E-state index contributed by atoms with van der Waals surface area (Å²) in [6, 6.07) is 16.5. The summed E-state index contributed by atoms with van der Waals surface area (Å²) in [4.78, 5) is 24.6. The molecule has 0 fully saturated rings. The van der Waals surface area contributed by atoms with Crippen LogP contribution in [-0.2, 0) is 4.79 Å². The second kappa shape index (κ2) is 10.5. The maximum absolute atomic E-state index is 13.2. The summed E-state index contributed by atoms with van der Waals surface area (Å²) in [7, 11) is 0. The van der Waals surface area contributed by atoms with Gasteiger partial charge in [0.25, 0.3) is 5.91 Å². The largest absolute Gasteiger partial charge is 0.481 e. The number of amides is 1. The molecule has 186 valence electrons. The smallest absolute Gasteiger partial charge is 0.305 e. The van der Waals surface area contributed by atoms with Crippen LogP contribution < -0.4 is 10.1 Å². The van der Waals surface area contributed by atoms with Crippen LogP contribution in [0, 0.1) is 5.41 Å². The molecule has 0 aliphatic carbocycles. The number of benzene rings is 2. The molecule has 3 N–H and O–H groups in total. The molecule has 1 amide bonds. The van der Waals surface area contributed by atoms with E-state index in [2.05, 4.69) is 10.4 Å². The van der Waals surface area contributed by atoms with Crippen molar-refractivity contribution in [2.24, 2.45) is 5.41 Å². The third-order valence-corrected chi connectivity index (χ3v) is 6.34. The van der Waals surface area contributed by atoms with E-state index in [0.717, 1.165) is 0 Å². The number of rotatable bonds is 9. The molecule has 0 saturated heterocycles. The number of ether oxygens (including phenoxy) is 1. The summed E-state index contributed by atoms with van der Waals surface area (Å²) in [5, 5.41) is 27.7. The molecule has 1 aromatic heterocycles. The van der Waals surface area contributed by atoms with Gasteiger partial charge >= 0.3 is 5.97 Å². The molecule has 2 aromatic carbocycles. The van der Waals surface area contributed by atoms with Crippen LogP contribution in [0.25, 0.3) is 5.69 Å². The van der Waals surface area contributed by atoms with E-state index >= 15 is 0 Å². The average molecular weight is 500 g/mol. The minimum absolute atomic E-state index is 0.0293. The van der Waals surface area contributed by atoms with E-state index in [1.807, 2.05) is 39.0 Å². The number of hydrogen-bond donors (Lipinski definition) is 3. The maximum Gasteiger partial charge on any atom is 0.305 e. The van der Waals surface area contributed by atoms with Crippen molar-refractivity contribution < 1.29 is 24.5 Å². The van der Waals surface area contributed by atoms with Crippen molar-refractivity contribution in [3.05, 3.63) is 76.9 Å². The molecule has 1 heterocycles. The Morgan fingerprint density at radius 1 is 1.09 bits per heavy atom. The van der Waals surface area contributed by atoms with Crippen molar-refractivity contribution in [3.63, 3.8) is 0 Å². The summed E-state index contributed by atoms with van der Waals surface area (Å²) in [5.74, 6) is -1.41. The van der Waals surface area contributed by atoms with E-state index in [4.69, 9.17) is 16.3 Å². The van der Waals surface area contributed by atoms with Crippen LogP contribution in [0.3, 0.4) is 0 Å². The van der Waals surface area contributed by atoms with Gasteiger partial charge in [-0.3, -0.25) is 9.59 Å². The number of carboxylic acids is 1. The molecular formula is C26H30ClN3O5. The van der Waals surface area contributed by atoms with E-state index in [9.17, 15) is 19.8 Å². The first-order valence-electron chi connectivity index (χ1n) is 11.2. The molecule has 0 aliphatic heterocycles. The fourth-order valence-electron chi connectivity index (χ4n) is 3.17. The molecule has 0 radical (unpaired) electrons. The third-order valence-electron chi connectivity index (χ3n) is 5.99. The van der Waals surface area contributed by atoms with E-state index < -0.39 is 28.9 Å². The van der Waals surface area contributed by atoms with Crippen molar-refractivity contribution in [1.82, 2.24) is 15.1 Å². The van der Waals surface area contributed by atoms with Gasteiger partial charge < -0.3 is 20.3 Å². The second-order valence-corrected chi connectivity index (χ2v) is 9.98. The monoisotopic (exact) mass is 499 g/mol. The zero-order chi connectivity index (χ0) is 25.8. The fourth-order valence-corrected chi connectivity index (χ4v) is 3.43.